The van der Waals surface area contributed by atoms with Crippen LogP contribution >= 0.6 is 11.8 Å². The van der Waals surface area contributed by atoms with Crippen molar-refractivity contribution in [2.75, 3.05) is 12.3 Å². The molecule has 146 valence electrons. The lowest BCUT2D eigenvalue weighted by Gasteiger charge is -2.14. The second-order valence-corrected chi connectivity index (χ2v) is 9.64. The van der Waals surface area contributed by atoms with Gasteiger partial charge in [-0.05, 0) is 36.8 Å². The third kappa shape index (κ3) is 2.72. The molecule has 29 heavy (non-hydrogen) atoms. The number of rotatable bonds is 4. The Bertz CT molecular complexity index is 1400. The molecule has 1 aliphatic rings. The number of nitrogens with zero attached hydrogens (tertiary/aromatic N) is 4. The summed E-state index contributed by atoms with van der Waals surface area (Å²) in [6.07, 6.45) is 0. The smallest absolute Gasteiger partial charge is 0.269 e. The second kappa shape index (κ2) is 6.57. The number of pyridine rings is 1. The summed E-state index contributed by atoms with van der Waals surface area (Å²) in [6.45, 7) is 2.10. The van der Waals surface area contributed by atoms with Crippen LogP contribution < -0.4 is 0 Å². The van der Waals surface area contributed by atoms with Crippen LogP contribution in [0.25, 0.3) is 16.6 Å². The van der Waals surface area contributed by atoms with E-state index in [1.54, 1.807) is 18.2 Å². The number of sulfonamides is 1. The molecule has 0 saturated carbocycles. The van der Waals surface area contributed by atoms with Crippen molar-refractivity contribution in [1.29, 1.82) is 0 Å². The summed E-state index contributed by atoms with van der Waals surface area (Å²) >= 11 is 1.38. The van der Waals surface area contributed by atoms with Crippen molar-refractivity contribution in [1.82, 2.24) is 18.9 Å². The van der Waals surface area contributed by atoms with Crippen molar-refractivity contribution < 1.29 is 13.2 Å². The van der Waals surface area contributed by atoms with Gasteiger partial charge in [-0.1, -0.05) is 42.1 Å². The fourth-order valence-corrected chi connectivity index (χ4v) is 6.20. The van der Waals surface area contributed by atoms with Gasteiger partial charge in [0.2, 0.25) is 0 Å². The van der Waals surface area contributed by atoms with Crippen LogP contribution in [0.5, 0.6) is 0 Å². The molecule has 0 fully saturated rings. The van der Waals surface area contributed by atoms with Gasteiger partial charge in [0.15, 0.2) is 10.8 Å². The van der Waals surface area contributed by atoms with Crippen molar-refractivity contribution in [3.05, 3.63) is 65.7 Å². The SMILES string of the molecule is Cc1cc2nnc(SCCN3C(=O)c4ccccc4S3(=O)=O)n2c2ccccc12. The first-order valence-electron chi connectivity index (χ1n) is 9.01. The van der Waals surface area contributed by atoms with Gasteiger partial charge in [-0.3, -0.25) is 9.20 Å². The highest BCUT2D eigenvalue weighted by molar-refractivity contribution is 7.99. The quantitative estimate of drug-likeness (QED) is 0.468. The minimum Gasteiger partial charge on any atom is -0.270 e. The van der Waals surface area contributed by atoms with E-state index in [2.05, 4.69) is 10.2 Å². The fraction of sp³-hybridized carbons (Fsp3) is 0.150. The van der Waals surface area contributed by atoms with E-state index in [4.69, 9.17) is 0 Å². The summed E-state index contributed by atoms with van der Waals surface area (Å²) < 4.78 is 28.2. The summed E-state index contributed by atoms with van der Waals surface area (Å²) in [7, 11) is -3.79. The Balaban J connectivity index is 1.43. The maximum absolute atomic E-state index is 12.7. The highest BCUT2D eigenvalue weighted by Crippen LogP contribution is 2.31. The van der Waals surface area contributed by atoms with E-state index in [0.717, 1.165) is 26.4 Å². The summed E-state index contributed by atoms with van der Waals surface area (Å²) in [5, 5.41) is 10.3. The Morgan fingerprint density at radius 2 is 1.79 bits per heavy atom. The summed E-state index contributed by atoms with van der Waals surface area (Å²) in [6, 6.07) is 16.3. The van der Waals surface area contributed by atoms with E-state index in [1.807, 2.05) is 41.7 Å². The van der Waals surface area contributed by atoms with E-state index < -0.39 is 15.9 Å². The lowest BCUT2D eigenvalue weighted by atomic mass is 10.1. The minimum absolute atomic E-state index is 0.0687. The van der Waals surface area contributed by atoms with E-state index in [1.165, 1.54) is 17.8 Å². The van der Waals surface area contributed by atoms with Gasteiger partial charge in [0.1, 0.15) is 4.90 Å². The molecule has 0 radical (unpaired) electrons. The van der Waals surface area contributed by atoms with Crippen LogP contribution in [0.15, 0.2) is 64.6 Å². The van der Waals surface area contributed by atoms with Crippen molar-refractivity contribution in [2.24, 2.45) is 0 Å². The Morgan fingerprint density at radius 3 is 2.62 bits per heavy atom. The standard InChI is InChI=1S/C20H16N4O3S2/c1-13-12-18-21-22-20(24(18)16-8-4-2-6-14(13)16)28-11-10-23-19(25)15-7-3-5-9-17(15)29(23,26)27/h2-9,12H,10-11H2,1H3. The molecule has 0 bridgehead atoms. The maximum Gasteiger partial charge on any atom is 0.269 e. The molecule has 2 aromatic carbocycles. The lowest BCUT2D eigenvalue weighted by Crippen LogP contribution is -2.32. The number of aromatic nitrogens is 3. The predicted molar refractivity (Wildman–Crippen MR) is 111 cm³/mol. The van der Waals surface area contributed by atoms with E-state index in [-0.39, 0.29) is 17.0 Å². The third-order valence-electron chi connectivity index (χ3n) is 5.01. The molecule has 1 amide bonds. The zero-order valence-electron chi connectivity index (χ0n) is 15.4. The number of benzene rings is 2. The van der Waals surface area contributed by atoms with Crippen LogP contribution in [0.1, 0.15) is 15.9 Å². The molecule has 0 spiro atoms. The fourth-order valence-electron chi connectivity index (χ4n) is 3.64. The van der Waals surface area contributed by atoms with Gasteiger partial charge in [0, 0.05) is 17.7 Å². The number of carbonyl (C=O) groups is 1. The summed E-state index contributed by atoms with van der Waals surface area (Å²) in [5.74, 6) is -0.101. The molecule has 0 N–H and O–H groups in total. The van der Waals surface area contributed by atoms with Gasteiger partial charge < -0.3 is 0 Å². The number of aryl methyl sites for hydroxylation is 1. The zero-order chi connectivity index (χ0) is 20.2. The zero-order valence-corrected chi connectivity index (χ0v) is 17.1. The van der Waals surface area contributed by atoms with Crippen molar-refractivity contribution in [3.8, 4) is 0 Å². The molecule has 4 aromatic rings. The Morgan fingerprint density at radius 1 is 1.03 bits per heavy atom. The highest BCUT2D eigenvalue weighted by atomic mass is 32.2. The lowest BCUT2D eigenvalue weighted by molar-refractivity contribution is 0.0876. The summed E-state index contributed by atoms with van der Waals surface area (Å²) in [5.41, 5.74) is 3.07. The van der Waals surface area contributed by atoms with Crippen molar-refractivity contribution >= 4 is 44.2 Å². The van der Waals surface area contributed by atoms with E-state index >= 15 is 0 Å². The normalized spacial score (nSPS) is 15.3. The Kier molecular flexibility index (Phi) is 4.11. The van der Waals surface area contributed by atoms with Crippen LogP contribution in [0.4, 0.5) is 0 Å². The molecule has 0 unspecified atom stereocenters. The average Bonchev–Trinajstić information content (AvgIpc) is 3.21. The van der Waals surface area contributed by atoms with E-state index in [0.29, 0.717) is 10.9 Å². The molecule has 9 heteroatoms. The number of amides is 1. The predicted octanol–water partition coefficient (Wildman–Crippen LogP) is 3.13. The second-order valence-electron chi connectivity index (χ2n) is 6.75. The number of thioether (sulfide) groups is 1. The third-order valence-corrected chi connectivity index (χ3v) is 7.76. The van der Waals surface area contributed by atoms with Crippen LogP contribution in [0, 0.1) is 6.92 Å². The molecule has 0 atom stereocenters. The number of carbonyl (C=O) groups excluding carboxylic acids is 1. The molecule has 1 aliphatic heterocycles. The van der Waals surface area contributed by atoms with Crippen LogP contribution in [0.2, 0.25) is 0 Å². The van der Waals surface area contributed by atoms with Gasteiger partial charge in [0.25, 0.3) is 15.9 Å². The first kappa shape index (κ1) is 18.1. The van der Waals surface area contributed by atoms with Crippen LogP contribution in [-0.2, 0) is 10.0 Å². The molecule has 0 saturated heterocycles. The molecule has 5 rings (SSSR count). The van der Waals surface area contributed by atoms with Gasteiger partial charge >= 0.3 is 0 Å². The number of hydrogen-bond acceptors (Lipinski definition) is 6. The van der Waals surface area contributed by atoms with Gasteiger partial charge in [-0.2, -0.15) is 0 Å². The topological polar surface area (TPSA) is 84.6 Å². The minimum atomic E-state index is -3.79. The Labute approximate surface area is 171 Å². The molecule has 3 heterocycles. The molecule has 7 nitrogen and oxygen atoms in total. The largest absolute Gasteiger partial charge is 0.270 e. The number of fused-ring (bicyclic) bond motifs is 4. The first-order valence-corrected chi connectivity index (χ1v) is 11.4. The van der Waals surface area contributed by atoms with Gasteiger partial charge in [-0.15, -0.1) is 10.2 Å². The average molecular weight is 425 g/mol. The monoisotopic (exact) mass is 424 g/mol. The molecule has 2 aromatic heterocycles. The number of hydrogen-bond donors (Lipinski definition) is 0. The number of para-hydroxylation sites is 1. The van der Waals surface area contributed by atoms with Gasteiger partial charge in [-0.25, -0.2) is 12.7 Å². The van der Waals surface area contributed by atoms with Gasteiger partial charge in [0.05, 0.1) is 11.1 Å². The molecular formula is C20H16N4O3S2. The Hall–Kier alpha value is -2.91. The van der Waals surface area contributed by atoms with Crippen LogP contribution in [-0.4, -0.2) is 45.5 Å². The summed E-state index contributed by atoms with van der Waals surface area (Å²) in [4.78, 5) is 12.6. The van der Waals surface area contributed by atoms with Crippen LogP contribution in [0.3, 0.4) is 0 Å². The van der Waals surface area contributed by atoms with Crippen molar-refractivity contribution in [2.45, 2.75) is 17.0 Å². The maximum atomic E-state index is 12.7. The van der Waals surface area contributed by atoms with E-state index in [9.17, 15) is 13.2 Å². The molecule has 0 aliphatic carbocycles. The molecular weight excluding hydrogens is 408 g/mol. The van der Waals surface area contributed by atoms with Crippen molar-refractivity contribution in [3.63, 3.8) is 0 Å². The highest BCUT2D eigenvalue weighted by Gasteiger charge is 2.40. The first-order chi connectivity index (χ1) is 14.0.